The van der Waals surface area contributed by atoms with Gasteiger partial charge in [0.05, 0.1) is 16.1 Å². The number of nitrogens with zero attached hydrogens (tertiary/aromatic N) is 3. The van der Waals surface area contributed by atoms with Crippen molar-refractivity contribution in [3.05, 3.63) is 83.4 Å². The average molecular weight is 417 g/mol. The Morgan fingerprint density at radius 2 is 1.63 bits per heavy atom. The van der Waals surface area contributed by atoms with E-state index in [-0.39, 0.29) is 0 Å². The zero-order valence-corrected chi connectivity index (χ0v) is 17.8. The third-order valence-corrected chi connectivity index (χ3v) is 6.43. The highest BCUT2D eigenvalue weighted by atomic mass is 35.5. The van der Waals surface area contributed by atoms with Gasteiger partial charge in [0.25, 0.3) is 0 Å². The number of H-pyrrole nitrogens is 1. The molecule has 5 heteroatoms. The van der Waals surface area contributed by atoms with E-state index < -0.39 is 0 Å². The molecule has 0 radical (unpaired) electrons. The number of fused-ring (bicyclic) bond motifs is 1. The van der Waals surface area contributed by atoms with Crippen LogP contribution in [0.2, 0.25) is 5.02 Å². The van der Waals surface area contributed by atoms with Crippen molar-refractivity contribution < 1.29 is 0 Å². The van der Waals surface area contributed by atoms with Crippen molar-refractivity contribution in [3.63, 3.8) is 0 Å². The van der Waals surface area contributed by atoms with Crippen LogP contribution in [0, 0.1) is 0 Å². The van der Waals surface area contributed by atoms with Crippen LogP contribution < -0.4 is 4.90 Å². The molecule has 1 saturated heterocycles. The van der Waals surface area contributed by atoms with Crippen LogP contribution in [-0.2, 0) is 0 Å². The molecule has 1 unspecified atom stereocenters. The lowest BCUT2D eigenvalue weighted by atomic mass is 10.1. The van der Waals surface area contributed by atoms with Crippen molar-refractivity contribution in [2.45, 2.75) is 13.0 Å². The maximum atomic E-state index is 6.54. The van der Waals surface area contributed by atoms with E-state index in [2.05, 4.69) is 64.2 Å². The molecule has 0 spiro atoms. The van der Waals surface area contributed by atoms with Crippen LogP contribution in [0.1, 0.15) is 18.5 Å². The summed E-state index contributed by atoms with van der Waals surface area (Å²) in [7, 11) is 0. The van der Waals surface area contributed by atoms with Gasteiger partial charge in [-0.25, -0.2) is 4.98 Å². The molecule has 5 rings (SSSR count). The van der Waals surface area contributed by atoms with Crippen molar-refractivity contribution in [1.29, 1.82) is 0 Å². The van der Waals surface area contributed by atoms with E-state index in [9.17, 15) is 0 Å². The van der Waals surface area contributed by atoms with E-state index in [1.807, 2.05) is 30.3 Å². The smallest absolute Gasteiger partial charge is 0.140 e. The van der Waals surface area contributed by atoms with Crippen LogP contribution in [0.4, 0.5) is 5.69 Å². The third kappa shape index (κ3) is 3.69. The van der Waals surface area contributed by atoms with Gasteiger partial charge in [0.15, 0.2) is 0 Å². The minimum Gasteiger partial charge on any atom is -0.369 e. The Bertz CT molecular complexity index is 1110. The molecule has 0 amide bonds. The lowest BCUT2D eigenvalue weighted by Crippen LogP contribution is -2.47. The summed E-state index contributed by atoms with van der Waals surface area (Å²) >= 11 is 6.54. The monoisotopic (exact) mass is 416 g/mol. The second kappa shape index (κ2) is 8.13. The number of anilines is 1. The van der Waals surface area contributed by atoms with E-state index in [1.165, 1.54) is 11.3 Å². The standard InChI is InChI=1S/C25H25ClN4/c1-18(19-7-3-2-4-8-19)29-13-15-30(16-14-29)20-11-12-22(26)21(17-20)25-27-23-9-5-6-10-24(23)28-25/h2-12,17-18H,13-16H2,1H3,(H,27,28). The zero-order valence-electron chi connectivity index (χ0n) is 17.1. The van der Waals surface area contributed by atoms with Crippen LogP contribution in [-0.4, -0.2) is 41.0 Å². The molecule has 2 heterocycles. The van der Waals surface area contributed by atoms with Crippen LogP contribution in [0.5, 0.6) is 0 Å². The van der Waals surface area contributed by atoms with Crippen molar-refractivity contribution in [1.82, 2.24) is 14.9 Å². The van der Waals surface area contributed by atoms with Gasteiger partial charge < -0.3 is 9.88 Å². The Labute approximate surface area is 182 Å². The molecule has 1 N–H and O–H groups in total. The van der Waals surface area contributed by atoms with Gasteiger partial charge in [0.1, 0.15) is 5.82 Å². The highest BCUT2D eigenvalue weighted by Crippen LogP contribution is 2.32. The van der Waals surface area contributed by atoms with Crippen molar-refractivity contribution >= 4 is 28.3 Å². The molecular formula is C25H25ClN4. The number of hydrogen-bond acceptors (Lipinski definition) is 3. The van der Waals surface area contributed by atoms with E-state index in [0.29, 0.717) is 11.1 Å². The Morgan fingerprint density at radius 3 is 2.40 bits per heavy atom. The van der Waals surface area contributed by atoms with Gasteiger partial charge in [-0.1, -0.05) is 54.1 Å². The van der Waals surface area contributed by atoms with E-state index >= 15 is 0 Å². The Balaban J connectivity index is 1.34. The Hall–Kier alpha value is -2.82. The molecule has 4 aromatic rings. The number of nitrogens with one attached hydrogen (secondary N) is 1. The van der Waals surface area contributed by atoms with Crippen LogP contribution in [0.15, 0.2) is 72.8 Å². The molecule has 0 saturated carbocycles. The highest BCUT2D eigenvalue weighted by molar-refractivity contribution is 6.33. The molecule has 1 aliphatic heterocycles. The summed E-state index contributed by atoms with van der Waals surface area (Å²) in [4.78, 5) is 13.1. The SMILES string of the molecule is CC(c1ccccc1)N1CCN(c2ccc(Cl)c(-c3nc4ccccc4[nH]3)c2)CC1. The minimum atomic E-state index is 0.435. The first-order chi connectivity index (χ1) is 14.7. The van der Waals surface area contributed by atoms with Gasteiger partial charge in [0.2, 0.25) is 0 Å². The summed E-state index contributed by atoms with van der Waals surface area (Å²) in [6.45, 7) is 6.38. The maximum Gasteiger partial charge on any atom is 0.140 e. The number of halogens is 1. The number of benzene rings is 3. The van der Waals surface area contributed by atoms with Gasteiger partial charge in [-0.3, -0.25) is 4.90 Å². The summed E-state index contributed by atoms with van der Waals surface area (Å²) in [5, 5.41) is 0.717. The zero-order chi connectivity index (χ0) is 20.5. The molecule has 4 nitrogen and oxygen atoms in total. The minimum absolute atomic E-state index is 0.435. The maximum absolute atomic E-state index is 6.54. The number of imidazole rings is 1. The summed E-state index contributed by atoms with van der Waals surface area (Å²) in [5.41, 5.74) is 5.51. The lowest BCUT2D eigenvalue weighted by Gasteiger charge is -2.39. The fourth-order valence-electron chi connectivity index (χ4n) is 4.28. The number of aromatic nitrogens is 2. The number of rotatable bonds is 4. The quantitative estimate of drug-likeness (QED) is 0.459. The van der Waals surface area contributed by atoms with Crippen molar-refractivity contribution in [2.75, 3.05) is 31.1 Å². The number of aromatic amines is 1. The predicted molar refractivity (Wildman–Crippen MR) is 125 cm³/mol. The van der Waals surface area contributed by atoms with Gasteiger partial charge in [0, 0.05) is 43.5 Å². The topological polar surface area (TPSA) is 35.2 Å². The summed E-state index contributed by atoms with van der Waals surface area (Å²) < 4.78 is 0. The molecular weight excluding hydrogens is 392 g/mol. The van der Waals surface area contributed by atoms with Crippen LogP contribution in [0.3, 0.4) is 0 Å². The average Bonchev–Trinajstić information content (AvgIpc) is 3.24. The van der Waals surface area contributed by atoms with Gasteiger partial charge in [-0.05, 0) is 42.8 Å². The van der Waals surface area contributed by atoms with Gasteiger partial charge in [-0.2, -0.15) is 0 Å². The van der Waals surface area contributed by atoms with Crippen LogP contribution >= 0.6 is 11.6 Å². The first kappa shape index (κ1) is 19.2. The molecule has 3 aromatic carbocycles. The van der Waals surface area contributed by atoms with E-state index in [4.69, 9.17) is 16.6 Å². The molecule has 1 aliphatic rings. The highest BCUT2D eigenvalue weighted by Gasteiger charge is 2.23. The number of piperazine rings is 1. The first-order valence-corrected chi connectivity index (χ1v) is 10.9. The fourth-order valence-corrected chi connectivity index (χ4v) is 4.49. The molecule has 152 valence electrons. The third-order valence-electron chi connectivity index (χ3n) is 6.10. The Morgan fingerprint density at radius 1 is 0.900 bits per heavy atom. The fraction of sp³-hybridized carbons (Fsp3) is 0.240. The van der Waals surface area contributed by atoms with Crippen molar-refractivity contribution in [3.8, 4) is 11.4 Å². The summed E-state index contributed by atoms with van der Waals surface area (Å²) in [6.07, 6.45) is 0. The largest absolute Gasteiger partial charge is 0.369 e. The predicted octanol–water partition coefficient (Wildman–Crippen LogP) is 5.77. The number of para-hydroxylation sites is 2. The molecule has 0 bridgehead atoms. The normalized spacial score (nSPS) is 16.1. The van der Waals surface area contributed by atoms with Gasteiger partial charge >= 0.3 is 0 Å². The van der Waals surface area contributed by atoms with Gasteiger partial charge in [-0.15, -0.1) is 0 Å². The van der Waals surface area contributed by atoms with E-state index in [0.717, 1.165) is 48.6 Å². The summed E-state index contributed by atoms with van der Waals surface area (Å²) in [5.74, 6) is 0.819. The molecule has 30 heavy (non-hydrogen) atoms. The lowest BCUT2D eigenvalue weighted by molar-refractivity contribution is 0.198. The molecule has 1 atom stereocenters. The molecule has 0 aliphatic carbocycles. The molecule has 1 aromatic heterocycles. The first-order valence-electron chi connectivity index (χ1n) is 10.5. The van der Waals surface area contributed by atoms with Crippen LogP contribution in [0.25, 0.3) is 22.4 Å². The number of hydrogen-bond donors (Lipinski definition) is 1. The van der Waals surface area contributed by atoms with Crippen molar-refractivity contribution in [2.24, 2.45) is 0 Å². The second-order valence-corrected chi connectivity index (χ2v) is 8.28. The summed E-state index contributed by atoms with van der Waals surface area (Å²) in [6, 6.07) is 25.5. The Kier molecular flexibility index (Phi) is 5.19. The second-order valence-electron chi connectivity index (χ2n) is 7.88. The molecule has 1 fully saturated rings. The van der Waals surface area contributed by atoms with E-state index in [1.54, 1.807) is 0 Å².